The van der Waals surface area contributed by atoms with E-state index in [0.29, 0.717) is 12.3 Å². The third-order valence-corrected chi connectivity index (χ3v) is 3.75. The van der Waals surface area contributed by atoms with Crippen LogP contribution in [-0.4, -0.2) is 24.5 Å². The molecule has 0 bridgehead atoms. The molecule has 1 atom stereocenters. The van der Waals surface area contributed by atoms with Gasteiger partial charge in [0.25, 0.3) is 0 Å². The van der Waals surface area contributed by atoms with E-state index in [1.807, 2.05) is 0 Å². The Bertz CT molecular complexity index is 153. The van der Waals surface area contributed by atoms with Gasteiger partial charge < -0.3 is 5.32 Å². The summed E-state index contributed by atoms with van der Waals surface area (Å²) in [6.07, 6.45) is 5.04. The fourth-order valence-corrected chi connectivity index (χ4v) is 2.40. The van der Waals surface area contributed by atoms with Crippen LogP contribution >= 0.6 is 21.6 Å². The molecule has 0 rings (SSSR count). The molecular formula is C10H21NOS2. The van der Waals surface area contributed by atoms with Crippen molar-refractivity contribution < 1.29 is 4.79 Å². The Hall–Kier alpha value is 0.170. The molecule has 0 heterocycles. The van der Waals surface area contributed by atoms with Crippen molar-refractivity contribution in [1.29, 1.82) is 0 Å². The molecule has 1 unspecified atom stereocenters. The molecule has 0 aromatic carbocycles. The Labute approximate surface area is 95.4 Å². The summed E-state index contributed by atoms with van der Waals surface area (Å²) in [4.78, 5) is 11.4. The van der Waals surface area contributed by atoms with E-state index in [1.54, 1.807) is 21.6 Å². The second kappa shape index (κ2) is 9.71. The number of amides is 1. The maximum absolute atomic E-state index is 11.4. The summed E-state index contributed by atoms with van der Waals surface area (Å²) in [6.45, 7) is 5.09. The molecule has 0 radical (unpaired) electrons. The van der Waals surface area contributed by atoms with Gasteiger partial charge in [-0.15, -0.1) is 0 Å². The Morgan fingerprint density at radius 1 is 1.50 bits per heavy atom. The Morgan fingerprint density at radius 2 is 2.21 bits per heavy atom. The number of carbonyl (C=O) groups excluding carboxylic acids is 1. The van der Waals surface area contributed by atoms with Gasteiger partial charge in [0.05, 0.1) is 0 Å². The van der Waals surface area contributed by atoms with Crippen molar-refractivity contribution in [3.05, 3.63) is 0 Å². The van der Waals surface area contributed by atoms with Gasteiger partial charge in [-0.3, -0.25) is 4.79 Å². The SMILES string of the molecule is CCCC(C)CC(=O)NCCSSC. The quantitative estimate of drug-likeness (QED) is 0.518. The number of carbonyl (C=O) groups is 1. The maximum Gasteiger partial charge on any atom is 0.220 e. The maximum atomic E-state index is 11.4. The predicted octanol–water partition coefficient (Wildman–Crippen LogP) is 2.94. The average molecular weight is 235 g/mol. The first-order valence-corrected chi connectivity index (χ1v) is 7.85. The minimum atomic E-state index is 0.202. The lowest BCUT2D eigenvalue weighted by Gasteiger charge is -2.09. The molecule has 0 aromatic heterocycles. The lowest BCUT2D eigenvalue weighted by atomic mass is 10.0. The van der Waals surface area contributed by atoms with Gasteiger partial charge in [0.15, 0.2) is 0 Å². The Balaban J connectivity index is 3.35. The number of nitrogens with one attached hydrogen (secondary N) is 1. The minimum absolute atomic E-state index is 0.202. The molecule has 2 nitrogen and oxygen atoms in total. The van der Waals surface area contributed by atoms with Crippen molar-refractivity contribution in [3.8, 4) is 0 Å². The minimum Gasteiger partial charge on any atom is -0.355 e. The second-order valence-electron chi connectivity index (χ2n) is 3.44. The van der Waals surface area contributed by atoms with Gasteiger partial charge in [-0.05, 0) is 12.2 Å². The Morgan fingerprint density at radius 3 is 2.79 bits per heavy atom. The van der Waals surface area contributed by atoms with Crippen molar-refractivity contribution >= 4 is 27.5 Å². The van der Waals surface area contributed by atoms with Crippen LogP contribution < -0.4 is 5.32 Å². The highest BCUT2D eigenvalue weighted by molar-refractivity contribution is 8.76. The van der Waals surface area contributed by atoms with Crippen LogP contribution in [0.1, 0.15) is 33.1 Å². The normalized spacial score (nSPS) is 12.5. The van der Waals surface area contributed by atoms with Gasteiger partial charge in [0, 0.05) is 18.7 Å². The molecule has 0 fully saturated rings. The molecular weight excluding hydrogens is 214 g/mol. The van der Waals surface area contributed by atoms with Crippen LogP contribution in [0.5, 0.6) is 0 Å². The second-order valence-corrected chi connectivity index (χ2v) is 6.12. The van der Waals surface area contributed by atoms with Crippen LogP contribution in [0.2, 0.25) is 0 Å². The van der Waals surface area contributed by atoms with E-state index < -0.39 is 0 Å². The first-order chi connectivity index (χ1) is 6.70. The van der Waals surface area contributed by atoms with Gasteiger partial charge >= 0.3 is 0 Å². The van der Waals surface area contributed by atoms with Crippen molar-refractivity contribution in [3.63, 3.8) is 0 Å². The molecule has 1 amide bonds. The summed E-state index contributed by atoms with van der Waals surface area (Å²) in [7, 11) is 3.52. The van der Waals surface area contributed by atoms with Crippen LogP contribution in [-0.2, 0) is 4.79 Å². The van der Waals surface area contributed by atoms with Crippen LogP contribution in [0.3, 0.4) is 0 Å². The third kappa shape index (κ3) is 8.75. The van der Waals surface area contributed by atoms with Crippen LogP contribution in [0.25, 0.3) is 0 Å². The number of hydrogen-bond acceptors (Lipinski definition) is 3. The van der Waals surface area contributed by atoms with E-state index in [1.165, 1.54) is 0 Å². The van der Waals surface area contributed by atoms with Gasteiger partial charge in [-0.1, -0.05) is 48.3 Å². The Kier molecular flexibility index (Phi) is 9.83. The lowest BCUT2D eigenvalue weighted by molar-refractivity contribution is -0.121. The zero-order valence-corrected chi connectivity index (χ0v) is 11.0. The summed E-state index contributed by atoms with van der Waals surface area (Å²) in [6, 6.07) is 0. The monoisotopic (exact) mass is 235 g/mol. The zero-order valence-electron chi connectivity index (χ0n) is 9.34. The smallest absolute Gasteiger partial charge is 0.220 e. The summed E-state index contributed by atoms with van der Waals surface area (Å²) < 4.78 is 0. The van der Waals surface area contributed by atoms with Gasteiger partial charge in [0.1, 0.15) is 0 Å². The predicted molar refractivity (Wildman–Crippen MR) is 67.7 cm³/mol. The van der Waals surface area contributed by atoms with Gasteiger partial charge in [0.2, 0.25) is 5.91 Å². The van der Waals surface area contributed by atoms with Crippen LogP contribution in [0.15, 0.2) is 0 Å². The van der Waals surface area contributed by atoms with E-state index in [9.17, 15) is 4.79 Å². The lowest BCUT2D eigenvalue weighted by Crippen LogP contribution is -2.26. The first kappa shape index (κ1) is 14.2. The van der Waals surface area contributed by atoms with E-state index in [4.69, 9.17) is 0 Å². The fraction of sp³-hybridized carbons (Fsp3) is 0.900. The first-order valence-electron chi connectivity index (χ1n) is 5.13. The molecule has 0 saturated heterocycles. The summed E-state index contributed by atoms with van der Waals surface area (Å²) in [5.41, 5.74) is 0. The standard InChI is InChI=1S/C10H21NOS2/c1-4-5-9(2)8-10(12)11-6-7-14-13-3/h9H,4-8H2,1-3H3,(H,11,12). The average Bonchev–Trinajstić information content (AvgIpc) is 2.13. The van der Waals surface area contributed by atoms with E-state index >= 15 is 0 Å². The topological polar surface area (TPSA) is 29.1 Å². The molecule has 0 aliphatic carbocycles. The van der Waals surface area contributed by atoms with E-state index in [-0.39, 0.29) is 5.91 Å². The molecule has 0 aromatic rings. The number of rotatable bonds is 8. The summed E-state index contributed by atoms with van der Waals surface area (Å²) in [5.74, 6) is 1.72. The molecule has 0 saturated carbocycles. The highest BCUT2D eigenvalue weighted by atomic mass is 33.1. The highest BCUT2D eigenvalue weighted by Crippen LogP contribution is 2.15. The molecule has 0 spiro atoms. The molecule has 14 heavy (non-hydrogen) atoms. The van der Waals surface area contributed by atoms with Crippen molar-refractivity contribution in [2.45, 2.75) is 33.1 Å². The van der Waals surface area contributed by atoms with Crippen molar-refractivity contribution in [2.75, 3.05) is 18.6 Å². The molecule has 4 heteroatoms. The summed E-state index contributed by atoms with van der Waals surface area (Å²) in [5, 5.41) is 2.93. The molecule has 1 N–H and O–H groups in total. The van der Waals surface area contributed by atoms with Crippen LogP contribution in [0.4, 0.5) is 0 Å². The van der Waals surface area contributed by atoms with Crippen LogP contribution in [0, 0.1) is 5.92 Å². The molecule has 84 valence electrons. The largest absolute Gasteiger partial charge is 0.355 e. The molecule has 0 aliphatic rings. The van der Waals surface area contributed by atoms with Gasteiger partial charge in [-0.25, -0.2) is 0 Å². The van der Waals surface area contributed by atoms with E-state index in [2.05, 4.69) is 25.4 Å². The fourth-order valence-electron chi connectivity index (χ4n) is 1.30. The zero-order chi connectivity index (χ0) is 10.8. The molecule has 0 aliphatic heterocycles. The van der Waals surface area contributed by atoms with Gasteiger partial charge in [-0.2, -0.15) is 0 Å². The summed E-state index contributed by atoms with van der Waals surface area (Å²) >= 11 is 0. The van der Waals surface area contributed by atoms with E-state index in [0.717, 1.165) is 25.1 Å². The third-order valence-electron chi connectivity index (χ3n) is 1.94. The van der Waals surface area contributed by atoms with Crippen molar-refractivity contribution in [2.24, 2.45) is 5.92 Å². The number of hydrogen-bond donors (Lipinski definition) is 1. The van der Waals surface area contributed by atoms with Crippen molar-refractivity contribution in [1.82, 2.24) is 5.32 Å². The highest BCUT2D eigenvalue weighted by Gasteiger charge is 2.06.